The number of Topliss-reactive ketones (excluding diaryl/α,β-unsaturated/α-hetero) is 1. The van der Waals surface area contributed by atoms with E-state index in [4.69, 9.17) is 0 Å². The Labute approximate surface area is 136 Å². The van der Waals surface area contributed by atoms with Crippen molar-refractivity contribution in [2.75, 3.05) is 0 Å². The van der Waals surface area contributed by atoms with Gasteiger partial charge in [-0.3, -0.25) is 4.79 Å². The van der Waals surface area contributed by atoms with Gasteiger partial charge in [-0.25, -0.2) is 0 Å². The van der Waals surface area contributed by atoms with Gasteiger partial charge in [0, 0.05) is 17.4 Å². The SMILES string of the molecule is CC(=O)c1c(C)cc(C)c(CSc2nncn2C(C)C)c1C. The molecule has 0 aliphatic carbocycles. The van der Waals surface area contributed by atoms with Gasteiger partial charge in [-0.2, -0.15) is 0 Å². The van der Waals surface area contributed by atoms with Crippen LogP contribution in [0.5, 0.6) is 0 Å². The third kappa shape index (κ3) is 3.24. The standard InChI is InChI=1S/C17H23N3OS/c1-10(2)20-9-18-19-17(20)22-8-15-11(3)7-12(4)16(13(15)5)14(6)21/h7,9-10H,8H2,1-6H3. The lowest BCUT2D eigenvalue weighted by Crippen LogP contribution is -2.06. The Bertz CT molecular complexity index is 704. The number of carbonyl (C=O) groups excluding carboxylic acids is 1. The number of nitrogens with zero attached hydrogens (tertiary/aromatic N) is 3. The van der Waals surface area contributed by atoms with Gasteiger partial charge in [-0.1, -0.05) is 17.8 Å². The van der Waals surface area contributed by atoms with Crippen molar-refractivity contribution in [1.82, 2.24) is 14.8 Å². The molecule has 1 aromatic carbocycles. The summed E-state index contributed by atoms with van der Waals surface area (Å²) in [5, 5.41) is 9.11. The Morgan fingerprint density at radius 2 is 1.95 bits per heavy atom. The van der Waals surface area contributed by atoms with Gasteiger partial charge in [-0.05, 0) is 63.8 Å². The van der Waals surface area contributed by atoms with E-state index < -0.39 is 0 Å². The Hall–Kier alpha value is -1.62. The molecular weight excluding hydrogens is 294 g/mol. The zero-order chi connectivity index (χ0) is 16.4. The molecule has 0 amide bonds. The zero-order valence-corrected chi connectivity index (χ0v) is 14.9. The van der Waals surface area contributed by atoms with Crippen molar-refractivity contribution in [2.45, 2.75) is 58.5 Å². The minimum atomic E-state index is 0.131. The van der Waals surface area contributed by atoms with Crippen LogP contribution in [0.3, 0.4) is 0 Å². The number of carbonyl (C=O) groups is 1. The van der Waals surface area contributed by atoms with Crippen molar-refractivity contribution < 1.29 is 4.79 Å². The molecule has 0 fully saturated rings. The lowest BCUT2D eigenvalue weighted by molar-refractivity contribution is 0.101. The number of rotatable bonds is 5. The summed E-state index contributed by atoms with van der Waals surface area (Å²) in [5.74, 6) is 0.926. The molecule has 0 bridgehead atoms. The first kappa shape index (κ1) is 16.7. The molecular formula is C17H23N3OS. The number of aryl methyl sites for hydroxylation is 2. The molecule has 2 rings (SSSR count). The Balaban J connectivity index is 2.32. The molecule has 0 aliphatic heterocycles. The minimum absolute atomic E-state index is 0.131. The van der Waals surface area contributed by atoms with Crippen molar-refractivity contribution in [3.8, 4) is 0 Å². The Kier molecular flexibility index (Phi) is 5.06. The highest BCUT2D eigenvalue weighted by Gasteiger charge is 2.16. The molecule has 4 nitrogen and oxygen atoms in total. The van der Waals surface area contributed by atoms with E-state index in [0.717, 1.165) is 27.6 Å². The van der Waals surface area contributed by atoms with Crippen molar-refractivity contribution >= 4 is 17.5 Å². The summed E-state index contributed by atoms with van der Waals surface area (Å²) in [6, 6.07) is 2.44. The molecule has 0 aliphatic rings. The maximum absolute atomic E-state index is 11.9. The predicted molar refractivity (Wildman–Crippen MR) is 90.6 cm³/mol. The molecule has 0 N–H and O–H groups in total. The zero-order valence-electron chi connectivity index (χ0n) is 14.1. The molecule has 0 unspecified atom stereocenters. The highest BCUT2D eigenvalue weighted by molar-refractivity contribution is 7.98. The van der Waals surface area contributed by atoms with Crippen molar-refractivity contribution in [2.24, 2.45) is 0 Å². The van der Waals surface area contributed by atoms with E-state index in [9.17, 15) is 4.79 Å². The molecule has 5 heteroatoms. The smallest absolute Gasteiger partial charge is 0.191 e. The molecule has 1 aromatic heterocycles. The molecule has 1 heterocycles. The maximum Gasteiger partial charge on any atom is 0.191 e. The average molecular weight is 317 g/mol. The first-order valence-electron chi connectivity index (χ1n) is 7.45. The van der Waals surface area contributed by atoms with Gasteiger partial charge in [0.2, 0.25) is 0 Å². The topological polar surface area (TPSA) is 47.8 Å². The predicted octanol–water partition coefficient (Wildman–Crippen LogP) is 4.28. The van der Waals surface area contributed by atoms with Gasteiger partial charge in [0.05, 0.1) is 0 Å². The third-order valence-corrected chi connectivity index (χ3v) is 4.91. The normalized spacial score (nSPS) is 11.2. The van der Waals surface area contributed by atoms with Crippen molar-refractivity contribution in [3.05, 3.63) is 40.2 Å². The number of aromatic nitrogens is 3. The largest absolute Gasteiger partial charge is 0.306 e. The van der Waals surface area contributed by atoms with Gasteiger partial charge >= 0.3 is 0 Å². The highest BCUT2D eigenvalue weighted by atomic mass is 32.2. The number of benzene rings is 1. The van der Waals surface area contributed by atoms with Crippen molar-refractivity contribution in [3.63, 3.8) is 0 Å². The van der Waals surface area contributed by atoms with Gasteiger partial charge in [0.1, 0.15) is 6.33 Å². The fraction of sp³-hybridized carbons (Fsp3) is 0.471. The molecule has 0 atom stereocenters. The van der Waals surface area contributed by atoms with E-state index in [0.29, 0.717) is 6.04 Å². The first-order valence-corrected chi connectivity index (χ1v) is 8.44. The van der Waals surface area contributed by atoms with Gasteiger partial charge in [-0.15, -0.1) is 10.2 Å². The van der Waals surface area contributed by atoms with E-state index in [1.807, 2.05) is 13.8 Å². The first-order chi connectivity index (χ1) is 10.3. The van der Waals surface area contributed by atoms with Crippen molar-refractivity contribution in [1.29, 1.82) is 0 Å². The van der Waals surface area contributed by atoms with Crippen LogP contribution < -0.4 is 0 Å². The molecule has 118 valence electrons. The van der Waals surface area contributed by atoms with Crippen LogP contribution in [0.1, 0.15) is 59.4 Å². The van der Waals surface area contributed by atoms with Crippen LogP contribution in [0, 0.1) is 20.8 Å². The molecule has 2 aromatic rings. The molecule has 0 radical (unpaired) electrons. The van der Waals surface area contributed by atoms with Crippen LogP contribution in [0.4, 0.5) is 0 Å². The maximum atomic E-state index is 11.9. The minimum Gasteiger partial charge on any atom is -0.306 e. The van der Waals surface area contributed by atoms with E-state index in [-0.39, 0.29) is 5.78 Å². The third-order valence-electron chi connectivity index (χ3n) is 3.93. The van der Waals surface area contributed by atoms with Crippen LogP contribution in [-0.4, -0.2) is 20.5 Å². The number of thioether (sulfide) groups is 1. The van der Waals surface area contributed by atoms with Crippen LogP contribution in [-0.2, 0) is 5.75 Å². The summed E-state index contributed by atoms with van der Waals surface area (Å²) in [6.07, 6.45) is 1.77. The van der Waals surface area contributed by atoms with Crippen LogP contribution in [0.2, 0.25) is 0 Å². The summed E-state index contributed by atoms with van der Waals surface area (Å²) < 4.78 is 2.06. The van der Waals surface area contributed by atoms with E-state index in [1.54, 1.807) is 25.0 Å². The summed E-state index contributed by atoms with van der Waals surface area (Å²) in [6.45, 7) is 12.0. The van der Waals surface area contributed by atoms with Gasteiger partial charge in [0.15, 0.2) is 10.9 Å². The molecule has 0 saturated heterocycles. The fourth-order valence-electron chi connectivity index (χ4n) is 2.82. The molecule has 22 heavy (non-hydrogen) atoms. The Morgan fingerprint density at radius 3 is 2.55 bits per heavy atom. The summed E-state index contributed by atoms with van der Waals surface area (Å²) in [7, 11) is 0. The lowest BCUT2D eigenvalue weighted by atomic mass is 9.92. The lowest BCUT2D eigenvalue weighted by Gasteiger charge is -2.16. The van der Waals surface area contributed by atoms with E-state index in [1.165, 1.54) is 11.1 Å². The van der Waals surface area contributed by atoms with Gasteiger partial charge in [0.25, 0.3) is 0 Å². The Morgan fingerprint density at radius 1 is 1.27 bits per heavy atom. The summed E-state index contributed by atoms with van der Waals surface area (Å²) in [5.41, 5.74) is 5.45. The molecule has 0 saturated carbocycles. The van der Waals surface area contributed by atoms with E-state index in [2.05, 4.69) is 41.6 Å². The average Bonchev–Trinajstić information content (AvgIpc) is 2.85. The second kappa shape index (κ2) is 6.65. The van der Waals surface area contributed by atoms with Gasteiger partial charge < -0.3 is 4.57 Å². The number of hydrogen-bond donors (Lipinski definition) is 0. The second-order valence-corrected chi connectivity index (χ2v) is 6.89. The summed E-state index contributed by atoms with van der Waals surface area (Å²) >= 11 is 1.67. The quantitative estimate of drug-likeness (QED) is 0.610. The monoisotopic (exact) mass is 317 g/mol. The number of ketones is 1. The second-order valence-electron chi connectivity index (χ2n) is 5.95. The highest BCUT2D eigenvalue weighted by Crippen LogP contribution is 2.29. The summed E-state index contributed by atoms with van der Waals surface area (Å²) in [4.78, 5) is 11.9. The van der Waals surface area contributed by atoms with E-state index >= 15 is 0 Å². The van der Waals surface area contributed by atoms with Crippen LogP contribution in [0.15, 0.2) is 17.6 Å². The fourth-order valence-corrected chi connectivity index (χ4v) is 4.05. The van der Waals surface area contributed by atoms with Crippen LogP contribution in [0.25, 0.3) is 0 Å². The molecule has 0 spiro atoms. The number of hydrogen-bond acceptors (Lipinski definition) is 4. The van der Waals surface area contributed by atoms with Crippen LogP contribution >= 0.6 is 11.8 Å².